The quantitative estimate of drug-likeness (QED) is 0.708. The van der Waals surface area contributed by atoms with Crippen molar-refractivity contribution >= 4 is 6.09 Å². The summed E-state index contributed by atoms with van der Waals surface area (Å²) in [7, 11) is 0. The number of rotatable bonds is 6. The van der Waals surface area contributed by atoms with Crippen molar-refractivity contribution in [3.63, 3.8) is 0 Å². The number of hydrogen-bond acceptors (Lipinski definition) is 2. The molecule has 0 spiro atoms. The van der Waals surface area contributed by atoms with Crippen molar-refractivity contribution in [3.8, 4) is 0 Å². The number of carbonyl (C=O) groups is 1. The number of carbonyl (C=O) groups excluding carboxylic acids is 1. The highest BCUT2D eigenvalue weighted by Gasteiger charge is 2.36. The molecule has 0 aromatic heterocycles. The summed E-state index contributed by atoms with van der Waals surface area (Å²) in [6.07, 6.45) is 7.12. The Bertz CT molecular complexity index is 362. The van der Waals surface area contributed by atoms with E-state index in [9.17, 15) is 4.79 Å². The molecule has 1 saturated carbocycles. The molecule has 3 heteroatoms. The second-order valence-corrected chi connectivity index (χ2v) is 7.15. The number of ether oxygens (including phenoxy) is 1. The van der Waals surface area contributed by atoms with Gasteiger partial charge in [0.05, 0.1) is 0 Å². The molecule has 0 aliphatic heterocycles. The van der Waals surface area contributed by atoms with Crippen molar-refractivity contribution in [1.82, 2.24) is 0 Å². The smallest absolute Gasteiger partial charge is 0.405 e. The summed E-state index contributed by atoms with van der Waals surface area (Å²) < 4.78 is 5.50. The maximum Gasteiger partial charge on any atom is 0.405 e. The third kappa shape index (κ3) is 5.72. The van der Waals surface area contributed by atoms with Crippen molar-refractivity contribution < 1.29 is 9.53 Å². The first-order valence-electron chi connectivity index (χ1n) is 8.48. The minimum absolute atomic E-state index is 0.163. The zero-order chi connectivity index (χ0) is 16.0. The first kappa shape index (κ1) is 18.1. The third-order valence-corrected chi connectivity index (χ3v) is 4.84. The molecule has 0 saturated heterocycles. The molecular formula is C18H33NO2. The number of hydrogen-bond donors (Lipinski definition) is 1. The molecule has 0 bridgehead atoms. The molecule has 0 aromatic carbocycles. The van der Waals surface area contributed by atoms with Gasteiger partial charge in [-0.15, -0.1) is 0 Å². The Kier molecular flexibility index (Phi) is 7.27. The van der Waals surface area contributed by atoms with Gasteiger partial charge in [0, 0.05) is 5.92 Å². The first-order chi connectivity index (χ1) is 9.85. The zero-order valence-electron chi connectivity index (χ0n) is 14.4. The fourth-order valence-corrected chi connectivity index (χ4v) is 3.79. The minimum Gasteiger partial charge on any atom is -0.442 e. The van der Waals surface area contributed by atoms with Crippen LogP contribution in [0.4, 0.5) is 4.79 Å². The Hall–Kier alpha value is -0.990. The van der Waals surface area contributed by atoms with Gasteiger partial charge in [0.25, 0.3) is 0 Å². The summed E-state index contributed by atoms with van der Waals surface area (Å²) in [4.78, 5) is 11.3. The second kappa shape index (κ2) is 8.45. The molecule has 122 valence electrons. The lowest BCUT2D eigenvalue weighted by Gasteiger charge is -2.40. The van der Waals surface area contributed by atoms with Crippen LogP contribution in [0.5, 0.6) is 0 Å². The Morgan fingerprint density at radius 3 is 2.52 bits per heavy atom. The van der Waals surface area contributed by atoms with E-state index in [1.54, 1.807) is 0 Å². The molecule has 0 heterocycles. The Morgan fingerprint density at radius 2 is 2.00 bits per heavy atom. The van der Waals surface area contributed by atoms with E-state index in [-0.39, 0.29) is 6.10 Å². The largest absolute Gasteiger partial charge is 0.442 e. The van der Waals surface area contributed by atoms with Crippen LogP contribution in [-0.2, 0) is 4.74 Å². The van der Waals surface area contributed by atoms with Crippen LogP contribution in [-0.4, -0.2) is 12.2 Å². The van der Waals surface area contributed by atoms with E-state index in [0.29, 0.717) is 23.7 Å². The Morgan fingerprint density at radius 1 is 1.33 bits per heavy atom. The van der Waals surface area contributed by atoms with E-state index in [1.807, 2.05) is 0 Å². The normalized spacial score (nSPS) is 28.5. The average molecular weight is 295 g/mol. The molecule has 1 fully saturated rings. The van der Waals surface area contributed by atoms with E-state index in [1.165, 1.54) is 18.4 Å². The molecule has 4 atom stereocenters. The molecular weight excluding hydrogens is 262 g/mol. The summed E-state index contributed by atoms with van der Waals surface area (Å²) in [5.74, 6) is 2.31. The fraction of sp³-hybridized carbons (Fsp3) is 0.833. The van der Waals surface area contributed by atoms with Crippen LogP contribution in [0.2, 0.25) is 0 Å². The SMILES string of the molecule is CCC/C(C)=C/[C@@H](OC(N)=O)[C@@H]1C[C@H](C)CC[C@H]1C(C)C. The summed E-state index contributed by atoms with van der Waals surface area (Å²) in [5, 5.41) is 0. The average Bonchev–Trinajstić information content (AvgIpc) is 2.37. The molecule has 0 radical (unpaired) electrons. The van der Waals surface area contributed by atoms with Crippen molar-refractivity contribution in [3.05, 3.63) is 11.6 Å². The summed E-state index contributed by atoms with van der Waals surface area (Å²) >= 11 is 0. The molecule has 3 nitrogen and oxygen atoms in total. The van der Waals surface area contributed by atoms with Crippen LogP contribution in [0.15, 0.2) is 11.6 Å². The first-order valence-corrected chi connectivity index (χ1v) is 8.48. The van der Waals surface area contributed by atoms with Crippen LogP contribution in [0.3, 0.4) is 0 Å². The van der Waals surface area contributed by atoms with Gasteiger partial charge in [-0.1, -0.05) is 46.1 Å². The van der Waals surface area contributed by atoms with Crippen molar-refractivity contribution in [2.24, 2.45) is 29.4 Å². The van der Waals surface area contributed by atoms with E-state index in [2.05, 4.69) is 40.7 Å². The van der Waals surface area contributed by atoms with E-state index in [4.69, 9.17) is 10.5 Å². The number of amides is 1. The molecule has 1 aliphatic carbocycles. The zero-order valence-corrected chi connectivity index (χ0v) is 14.4. The summed E-state index contributed by atoms with van der Waals surface area (Å²) in [6, 6.07) is 0. The Labute approximate surface area is 130 Å². The molecule has 1 aliphatic rings. The van der Waals surface area contributed by atoms with Gasteiger partial charge in [-0.05, 0) is 50.0 Å². The van der Waals surface area contributed by atoms with Gasteiger partial charge in [0.15, 0.2) is 0 Å². The molecule has 1 amide bonds. The van der Waals surface area contributed by atoms with Gasteiger partial charge in [0.1, 0.15) is 6.10 Å². The number of nitrogens with two attached hydrogens (primary N) is 1. The highest BCUT2D eigenvalue weighted by Crippen LogP contribution is 2.41. The van der Waals surface area contributed by atoms with Gasteiger partial charge in [-0.25, -0.2) is 4.79 Å². The third-order valence-electron chi connectivity index (χ3n) is 4.84. The van der Waals surface area contributed by atoms with Crippen molar-refractivity contribution in [2.45, 2.75) is 72.8 Å². The molecule has 0 aromatic rings. The van der Waals surface area contributed by atoms with Gasteiger partial charge in [-0.2, -0.15) is 0 Å². The molecule has 2 N–H and O–H groups in total. The molecule has 21 heavy (non-hydrogen) atoms. The highest BCUT2D eigenvalue weighted by molar-refractivity contribution is 5.65. The van der Waals surface area contributed by atoms with Crippen LogP contribution in [0.1, 0.15) is 66.7 Å². The van der Waals surface area contributed by atoms with Crippen molar-refractivity contribution in [1.29, 1.82) is 0 Å². The lowest BCUT2D eigenvalue weighted by Crippen LogP contribution is -2.38. The lowest BCUT2D eigenvalue weighted by molar-refractivity contribution is 0.0278. The predicted octanol–water partition coefficient (Wildman–Crippen LogP) is 4.91. The maximum atomic E-state index is 11.3. The highest BCUT2D eigenvalue weighted by atomic mass is 16.6. The summed E-state index contributed by atoms with van der Waals surface area (Å²) in [5.41, 5.74) is 6.61. The van der Waals surface area contributed by atoms with Crippen LogP contribution in [0.25, 0.3) is 0 Å². The molecule has 1 rings (SSSR count). The van der Waals surface area contributed by atoms with Crippen LogP contribution in [0, 0.1) is 23.7 Å². The number of primary amides is 1. The number of allylic oxidation sites excluding steroid dienone is 1. The van der Waals surface area contributed by atoms with Gasteiger partial charge < -0.3 is 10.5 Å². The monoisotopic (exact) mass is 295 g/mol. The van der Waals surface area contributed by atoms with Gasteiger partial charge >= 0.3 is 6.09 Å². The van der Waals surface area contributed by atoms with Gasteiger partial charge in [0.2, 0.25) is 0 Å². The van der Waals surface area contributed by atoms with E-state index < -0.39 is 6.09 Å². The standard InChI is InChI=1S/C18H33NO2/c1-6-7-13(4)11-17(21-18(19)20)16-10-14(5)8-9-15(16)12(2)3/h11-12,14-17H,6-10H2,1-5H3,(H2,19,20)/b13-11+/t14-,15+,16-,17-/m1/s1. The molecule has 0 unspecified atom stereocenters. The summed E-state index contributed by atoms with van der Waals surface area (Å²) in [6.45, 7) is 11.1. The lowest BCUT2D eigenvalue weighted by atomic mass is 9.68. The van der Waals surface area contributed by atoms with Crippen LogP contribution < -0.4 is 5.73 Å². The fourth-order valence-electron chi connectivity index (χ4n) is 3.79. The van der Waals surface area contributed by atoms with Gasteiger partial charge in [-0.3, -0.25) is 0 Å². The second-order valence-electron chi connectivity index (χ2n) is 7.15. The van der Waals surface area contributed by atoms with E-state index >= 15 is 0 Å². The van der Waals surface area contributed by atoms with Crippen molar-refractivity contribution in [2.75, 3.05) is 0 Å². The minimum atomic E-state index is -0.652. The topological polar surface area (TPSA) is 52.3 Å². The van der Waals surface area contributed by atoms with E-state index in [0.717, 1.165) is 19.3 Å². The van der Waals surface area contributed by atoms with Crippen LogP contribution >= 0.6 is 0 Å². The Balaban J connectivity index is 2.96. The maximum absolute atomic E-state index is 11.3. The predicted molar refractivity (Wildman–Crippen MR) is 88.0 cm³/mol.